The van der Waals surface area contributed by atoms with Gasteiger partial charge >= 0.3 is 5.97 Å². The molecule has 0 spiro atoms. The Bertz CT molecular complexity index is 955. The number of aliphatic carboxylic acids is 1. The minimum absolute atomic E-state index is 0.0374. The molecule has 2 fully saturated rings. The van der Waals surface area contributed by atoms with Crippen LogP contribution in [0.25, 0.3) is 11.3 Å². The molecule has 33 heavy (non-hydrogen) atoms. The highest BCUT2D eigenvalue weighted by Crippen LogP contribution is 2.39. The summed E-state index contributed by atoms with van der Waals surface area (Å²) in [6.07, 6.45) is 12.2. The van der Waals surface area contributed by atoms with Gasteiger partial charge in [-0.2, -0.15) is 0 Å². The fourth-order valence-electron chi connectivity index (χ4n) is 5.15. The fraction of sp³-hybridized carbons (Fsp3) is 0.593. The van der Waals surface area contributed by atoms with Crippen LogP contribution < -0.4 is 9.64 Å². The molecule has 0 unspecified atom stereocenters. The van der Waals surface area contributed by atoms with Crippen LogP contribution in [-0.2, 0) is 11.2 Å². The molecule has 1 saturated heterocycles. The molecule has 0 amide bonds. The monoisotopic (exact) mass is 451 g/mol. The minimum Gasteiger partial charge on any atom is -0.492 e. The van der Waals surface area contributed by atoms with E-state index in [9.17, 15) is 9.90 Å². The summed E-state index contributed by atoms with van der Waals surface area (Å²) in [7, 11) is 0. The van der Waals surface area contributed by atoms with Crippen LogP contribution in [0.3, 0.4) is 0 Å². The van der Waals surface area contributed by atoms with Crippen LogP contribution in [0.5, 0.6) is 5.75 Å². The van der Waals surface area contributed by atoms with Gasteiger partial charge in [0.1, 0.15) is 5.75 Å². The Morgan fingerprint density at radius 3 is 2.52 bits per heavy atom. The van der Waals surface area contributed by atoms with Gasteiger partial charge in [0.2, 0.25) is 0 Å². The predicted molar refractivity (Wildman–Crippen MR) is 131 cm³/mol. The molecule has 2 aliphatic rings. The molecule has 6 nitrogen and oxygen atoms in total. The van der Waals surface area contributed by atoms with Crippen LogP contribution in [0.1, 0.15) is 70.1 Å². The van der Waals surface area contributed by atoms with Crippen LogP contribution in [0.2, 0.25) is 0 Å². The second-order valence-electron chi connectivity index (χ2n) is 10.5. The Kier molecular flexibility index (Phi) is 7.20. The van der Waals surface area contributed by atoms with Gasteiger partial charge in [0.05, 0.1) is 30.6 Å². The van der Waals surface area contributed by atoms with Crippen LogP contribution in [0, 0.1) is 18.3 Å². The lowest BCUT2D eigenvalue weighted by molar-refractivity contribution is -0.136. The number of aromatic nitrogens is 2. The standard InChI is InChI=1S/C27H37N3O3/c1-19-22(16-25(31)32)26(30-13-11-27(2,3)12-14-30)23(18-28-19)24-9-8-21(17-29-24)33-15-10-20-6-4-5-7-20/h8-9,17-18,20H,4-7,10-16H2,1-3H3,(H,31,32). The van der Waals surface area contributed by atoms with E-state index in [0.717, 1.165) is 78.8 Å². The molecular weight excluding hydrogens is 414 g/mol. The van der Waals surface area contributed by atoms with Crippen molar-refractivity contribution < 1.29 is 14.6 Å². The van der Waals surface area contributed by atoms with Gasteiger partial charge in [0.25, 0.3) is 0 Å². The molecule has 3 heterocycles. The van der Waals surface area contributed by atoms with Crippen LogP contribution in [0.4, 0.5) is 5.69 Å². The first-order valence-corrected chi connectivity index (χ1v) is 12.4. The second kappa shape index (κ2) is 10.1. The Hall–Kier alpha value is -2.63. The third-order valence-corrected chi connectivity index (χ3v) is 7.41. The summed E-state index contributed by atoms with van der Waals surface area (Å²) in [6.45, 7) is 9.03. The predicted octanol–water partition coefficient (Wildman–Crippen LogP) is 5.66. The van der Waals surface area contributed by atoms with Gasteiger partial charge < -0.3 is 14.7 Å². The number of carbonyl (C=O) groups is 1. The van der Waals surface area contributed by atoms with Crippen molar-refractivity contribution in [3.05, 3.63) is 35.8 Å². The molecule has 0 radical (unpaired) electrons. The van der Waals surface area contributed by atoms with Crippen molar-refractivity contribution in [3.63, 3.8) is 0 Å². The number of rotatable bonds is 8. The molecule has 1 N–H and O–H groups in total. The van der Waals surface area contributed by atoms with Crippen molar-refractivity contribution in [2.45, 2.75) is 72.1 Å². The molecular formula is C27H37N3O3. The van der Waals surface area contributed by atoms with E-state index < -0.39 is 5.97 Å². The van der Waals surface area contributed by atoms with Crippen LogP contribution in [-0.4, -0.2) is 40.7 Å². The van der Waals surface area contributed by atoms with Gasteiger partial charge in [-0.05, 0) is 49.7 Å². The Balaban J connectivity index is 1.57. The molecule has 6 heteroatoms. The van der Waals surface area contributed by atoms with E-state index in [1.165, 1.54) is 25.7 Å². The lowest BCUT2D eigenvalue weighted by Gasteiger charge is -2.40. The lowest BCUT2D eigenvalue weighted by atomic mass is 9.82. The number of anilines is 1. The number of carboxylic acid groups (broad SMARTS) is 1. The number of nitrogens with zero attached hydrogens (tertiary/aromatic N) is 3. The first kappa shape index (κ1) is 23.5. The number of hydrogen-bond acceptors (Lipinski definition) is 5. The van der Waals surface area contributed by atoms with Crippen molar-refractivity contribution in [3.8, 4) is 17.0 Å². The third-order valence-electron chi connectivity index (χ3n) is 7.41. The van der Waals surface area contributed by atoms with E-state index in [-0.39, 0.29) is 6.42 Å². The zero-order valence-corrected chi connectivity index (χ0v) is 20.3. The van der Waals surface area contributed by atoms with Gasteiger partial charge in [-0.15, -0.1) is 0 Å². The molecule has 1 aliphatic carbocycles. The van der Waals surface area contributed by atoms with Crippen molar-refractivity contribution in [2.24, 2.45) is 11.3 Å². The molecule has 178 valence electrons. The molecule has 1 saturated carbocycles. The van der Waals surface area contributed by atoms with Gasteiger partial charge in [-0.25, -0.2) is 0 Å². The van der Waals surface area contributed by atoms with Crippen LogP contribution >= 0.6 is 0 Å². The van der Waals surface area contributed by atoms with Crippen molar-refractivity contribution in [1.29, 1.82) is 0 Å². The number of piperidine rings is 1. The van der Waals surface area contributed by atoms with Gasteiger partial charge in [-0.1, -0.05) is 39.5 Å². The molecule has 0 aromatic carbocycles. The lowest BCUT2D eigenvalue weighted by Crippen LogP contribution is -2.38. The maximum Gasteiger partial charge on any atom is 0.307 e. The molecule has 0 atom stereocenters. The Labute approximate surface area is 197 Å². The summed E-state index contributed by atoms with van der Waals surface area (Å²) in [4.78, 5) is 23.2. The van der Waals surface area contributed by atoms with Crippen molar-refractivity contribution in [2.75, 3.05) is 24.6 Å². The average molecular weight is 452 g/mol. The molecule has 0 bridgehead atoms. The first-order valence-electron chi connectivity index (χ1n) is 12.4. The number of carboxylic acids is 1. The van der Waals surface area contributed by atoms with Crippen molar-refractivity contribution >= 4 is 11.7 Å². The maximum atomic E-state index is 11.7. The maximum absolute atomic E-state index is 11.7. The van der Waals surface area contributed by atoms with E-state index in [4.69, 9.17) is 9.72 Å². The topological polar surface area (TPSA) is 75.6 Å². The highest BCUT2D eigenvalue weighted by Gasteiger charge is 2.29. The highest BCUT2D eigenvalue weighted by atomic mass is 16.5. The number of pyridine rings is 2. The molecule has 1 aliphatic heterocycles. The van der Waals surface area contributed by atoms with Gasteiger partial charge in [-0.3, -0.25) is 14.8 Å². The average Bonchev–Trinajstić information content (AvgIpc) is 3.29. The summed E-state index contributed by atoms with van der Waals surface area (Å²) in [5.41, 5.74) is 4.54. The fourth-order valence-corrected chi connectivity index (χ4v) is 5.15. The summed E-state index contributed by atoms with van der Waals surface area (Å²) in [5, 5.41) is 9.58. The summed E-state index contributed by atoms with van der Waals surface area (Å²) < 4.78 is 5.96. The quantitative estimate of drug-likeness (QED) is 0.558. The highest BCUT2D eigenvalue weighted by molar-refractivity contribution is 5.83. The zero-order valence-electron chi connectivity index (χ0n) is 20.3. The Morgan fingerprint density at radius 1 is 1.15 bits per heavy atom. The van der Waals surface area contributed by atoms with E-state index >= 15 is 0 Å². The normalized spacial score (nSPS) is 18.5. The van der Waals surface area contributed by atoms with Crippen LogP contribution in [0.15, 0.2) is 24.5 Å². The molecule has 2 aromatic heterocycles. The van der Waals surface area contributed by atoms with E-state index in [0.29, 0.717) is 5.41 Å². The number of ether oxygens (including phenoxy) is 1. The molecule has 2 aromatic rings. The first-order chi connectivity index (χ1) is 15.8. The Morgan fingerprint density at radius 2 is 1.88 bits per heavy atom. The van der Waals surface area contributed by atoms with Gasteiger partial charge in [0, 0.05) is 36.1 Å². The minimum atomic E-state index is -0.838. The SMILES string of the molecule is Cc1ncc(-c2ccc(OCCC3CCCC3)cn2)c(N2CCC(C)(C)CC2)c1CC(=O)O. The van der Waals surface area contributed by atoms with Gasteiger partial charge in [0.15, 0.2) is 0 Å². The summed E-state index contributed by atoms with van der Waals surface area (Å²) in [6, 6.07) is 3.94. The molecule has 4 rings (SSSR count). The van der Waals surface area contributed by atoms with Crippen molar-refractivity contribution in [1.82, 2.24) is 9.97 Å². The zero-order chi connectivity index (χ0) is 23.4. The number of hydrogen-bond donors (Lipinski definition) is 1. The van der Waals surface area contributed by atoms with E-state index in [2.05, 4.69) is 23.7 Å². The summed E-state index contributed by atoms with van der Waals surface area (Å²) >= 11 is 0. The van der Waals surface area contributed by atoms with E-state index in [1.54, 1.807) is 6.20 Å². The number of aryl methyl sites for hydroxylation is 1. The largest absolute Gasteiger partial charge is 0.492 e. The second-order valence-corrected chi connectivity index (χ2v) is 10.5. The third kappa shape index (κ3) is 5.84. The smallest absolute Gasteiger partial charge is 0.307 e. The van der Waals surface area contributed by atoms with E-state index in [1.807, 2.05) is 25.3 Å². The summed E-state index contributed by atoms with van der Waals surface area (Å²) in [5.74, 6) is 0.749.